The Kier molecular flexibility index (Phi) is 5.39. The van der Waals surface area contributed by atoms with E-state index < -0.39 is 11.7 Å². The van der Waals surface area contributed by atoms with Gasteiger partial charge in [0.1, 0.15) is 17.3 Å². The second-order valence-electron chi connectivity index (χ2n) is 5.42. The third-order valence-corrected chi connectivity index (χ3v) is 3.72. The number of amides is 1. The second kappa shape index (κ2) is 7.29. The fraction of sp³-hybridized carbons (Fsp3) is 0.333. The van der Waals surface area contributed by atoms with Crippen molar-refractivity contribution >= 4 is 17.4 Å². The monoisotopic (exact) mass is 332 g/mol. The number of ether oxygens (including phenoxy) is 1. The number of hydrogen-bond acceptors (Lipinski definition) is 3. The number of benzene rings is 1. The van der Waals surface area contributed by atoms with Crippen LogP contribution in [0.15, 0.2) is 18.2 Å². The van der Waals surface area contributed by atoms with Crippen molar-refractivity contribution in [3.8, 4) is 5.75 Å². The van der Waals surface area contributed by atoms with Crippen LogP contribution in [0, 0.1) is 12.7 Å². The highest BCUT2D eigenvalue weighted by molar-refractivity contribution is 6.08. The third-order valence-electron chi connectivity index (χ3n) is 3.72. The van der Waals surface area contributed by atoms with Gasteiger partial charge in [-0.1, -0.05) is 6.92 Å². The van der Waals surface area contributed by atoms with Gasteiger partial charge in [0.25, 0.3) is 5.91 Å². The van der Waals surface area contributed by atoms with Gasteiger partial charge in [-0.15, -0.1) is 0 Å². The molecule has 0 radical (unpaired) electrons. The molecule has 5 nitrogen and oxygen atoms in total. The van der Waals surface area contributed by atoms with Gasteiger partial charge < -0.3 is 15.0 Å². The van der Waals surface area contributed by atoms with E-state index in [1.807, 2.05) is 6.92 Å². The highest BCUT2D eigenvalue weighted by Gasteiger charge is 2.22. The summed E-state index contributed by atoms with van der Waals surface area (Å²) in [6, 6.07) is 3.92. The smallest absolute Gasteiger partial charge is 0.272 e. The van der Waals surface area contributed by atoms with Crippen molar-refractivity contribution in [3.63, 3.8) is 0 Å². The van der Waals surface area contributed by atoms with Crippen LogP contribution in [0.2, 0.25) is 0 Å². The molecule has 1 amide bonds. The quantitative estimate of drug-likeness (QED) is 0.789. The number of anilines is 1. The zero-order chi connectivity index (χ0) is 17.9. The maximum atomic E-state index is 13.4. The first kappa shape index (κ1) is 17.7. The summed E-state index contributed by atoms with van der Waals surface area (Å²) in [5, 5.41) is 2.72. The lowest BCUT2D eigenvalue weighted by Crippen LogP contribution is -2.15. The number of aryl methyl sites for hydroxylation is 1. The molecule has 0 bridgehead atoms. The molecule has 0 spiro atoms. The lowest BCUT2D eigenvalue weighted by molar-refractivity contribution is 0.101. The fourth-order valence-electron chi connectivity index (χ4n) is 2.76. The van der Waals surface area contributed by atoms with Crippen LogP contribution in [0.5, 0.6) is 5.75 Å². The van der Waals surface area contributed by atoms with Crippen LogP contribution >= 0.6 is 0 Å². The lowest BCUT2D eigenvalue weighted by Gasteiger charge is -2.12. The zero-order valence-corrected chi connectivity index (χ0v) is 14.2. The van der Waals surface area contributed by atoms with Crippen LogP contribution in [-0.4, -0.2) is 23.3 Å². The normalized spacial score (nSPS) is 10.5. The molecule has 6 heteroatoms. The SMILES string of the molecule is CCOc1cc(F)ccc1NC(=O)c1[nH]c(C)c(C(C)=O)c1CC. The van der Waals surface area contributed by atoms with E-state index in [-0.39, 0.29) is 11.5 Å². The summed E-state index contributed by atoms with van der Waals surface area (Å²) in [5.41, 5.74) is 2.60. The standard InChI is InChI=1S/C18H21FN2O3/c1-5-13-16(11(4)22)10(3)20-17(13)18(23)21-14-8-7-12(19)9-15(14)24-6-2/h7-9,20H,5-6H2,1-4H3,(H,21,23). The molecule has 0 aliphatic rings. The van der Waals surface area contributed by atoms with Crippen LogP contribution in [0.3, 0.4) is 0 Å². The molecule has 2 N–H and O–H groups in total. The van der Waals surface area contributed by atoms with Crippen molar-refractivity contribution in [2.45, 2.75) is 34.1 Å². The van der Waals surface area contributed by atoms with E-state index in [2.05, 4.69) is 10.3 Å². The maximum Gasteiger partial charge on any atom is 0.272 e. The van der Waals surface area contributed by atoms with E-state index in [1.54, 1.807) is 13.8 Å². The van der Waals surface area contributed by atoms with Crippen molar-refractivity contribution in [1.82, 2.24) is 4.98 Å². The van der Waals surface area contributed by atoms with Gasteiger partial charge in [0, 0.05) is 17.3 Å². The number of carbonyl (C=O) groups is 2. The summed E-state index contributed by atoms with van der Waals surface area (Å²) < 4.78 is 18.7. The highest BCUT2D eigenvalue weighted by atomic mass is 19.1. The van der Waals surface area contributed by atoms with Gasteiger partial charge in [-0.25, -0.2) is 4.39 Å². The number of Topliss-reactive ketones (excluding diaryl/α,β-unsaturated/α-hetero) is 1. The Morgan fingerprint density at radius 2 is 2.00 bits per heavy atom. The molecule has 2 aromatic rings. The Hall–Kier alpha value is -2.63. The minimum Gasteiger partial charge on any atom is -0.492 e. The average molecular weight is 332 g/mol. The minimum absolute atomic E-state index is 0.0866. The first-order valence-electron chi connectivity index (χ1n) is 7.85. The van der Waals surface area contributed by atoms with Crippen LogP contribution < -0.4 is 10.1 Å². The summed E-state index contributed by atoms with van der Waals surface area (Å²) in [6.07, 6.45) is 0.545. The number of aromatic amines is 1. The number of carbonyl (C=O) groups excluding carboxylic acids is 2. The Balaban J connectivity index is 2.38. The molecule has 0 fully saturated rings. The number of nitrogens with one attached hydrogen (secondary N) is 2. The molecular weight excluding hydrogens is 311 g/mol. The van der Waals surface area contributed by atoms with E-state index in [0.29, 0.717) is 41.2 Å². The Labute approximate surface area is 140 Å². The molecule has 2 rings (SSSR count). The molecule has 1 heterocycles. The maximum absolute atomic E-state index is 13.4. The first-order valence-corrected chi connectivity index (χ1v) is 7.85. The molecule has 0 unspecified atom stereocenters. The second-order valence-corrected chi connectivity index (χ2v) is 5.42. The predicted octanol–water partition coefficient (Wildman–Crippen LogP) is 3.88. The Bertz CT molecular complexity index is 781. The van der Waals surface area contributed by atoms with Crippen molar-refractivity contribution in [1.29, 1.82) is 0 Å². The Morgan fingerprint density at radius 1 is 1.29 bits per heavy atom. The lowest BCUT2D eigenvalue weighted by atomic mass is 10.0. The van der Waals surface area contributed by atoms with Gasteiger partial charge in [0.2, 0.25) is 0 Å². The van der Waals surface area contributed by atoms with E-state index in [4.69, 9.17) is 4.74 Å². The molecule has 1 aromatic heterocycles. The summed E-state index contributed by atoms with van der Waals surface area (Å²) >= 11 is 0. The molecule has 1 aromatic carbocycles. The number of H-pyrrole nitrogens is 1. The van der Waals surface area contributed by atoms with E-state index in [1.165, 1.54) is 25.1 Å². The molecule has 0 aliphatic carbocycles. The first-order chi connectivity index (χ1) is 11.4. The number of hydrogen-bond donors (Lipinski definition) is 2. The fourth-order valence-corrected chi connectivity index (χ4v) is 2.76. The van der Waals surface area contributed by atoms with E-state index in [0.717, 1.165) is 0 Å². The van der Waals surface area contributed by atoms with Gasteiger partial charge in [0.05, 0.1) is 12.3 Å². The van der Waals surface area contributed by atoms with Crippen LogP contribution in [-0.2, 0) is 6.42 Å². The van der Waals surface area contributed by atoms with E-state index >= 15 is 0 Å². The van der Waals surface area contributed by atoms with Gasteiger partial charge in [-0.3, -0.25) is 9.59 Å². The van der Waals surface area contributed by atoms with Gasteiger partial charge in [0.15, 0.2) is 5.78 Å². The molecule has 0 saturated carbocycles. The predicted molar refractivity (Wildman–Crippen MR) is 90.4 cm³/mol. The molecule has 128 valence electrons. The zero-order valence-electron chi connectivity index (χ0n) is 14.2. The topological polar surface area (TPSA) is 71.2 Å². The van der Waals surface area contributed by atoms with Crippen molar-refractivity contribution in [2.24, 2.45) is 0 Å². The minimum atomic E-state index is -0.444. The van der Waals surface area contributed by atoms with Gasteiger partial charge >= 0.3 is 0 Å². The van der Waals surface area contributed by atoms with Crippen LogP contribution in [0.1, 0.15) is 52.9 Å². The summed E-state index contributed by atoms with van der Waals surface area (Å²) in [5.74, 6) is -0.661. The summed E-state index contributed by atoms with van der Waals surface area (Å²) in [7, 11) is 0. The molecule has 0 aliphatic heterocycles. The van der Waals surface area contributed by atoms with Gasteiger partial charge in [-0.2, -0.15) is 0 Å². The average Bonchev–Trinajstić information content (AvgIpc) is 2.87. The van der Waals surface area contributed by atoms with Crippen LogP contribution in [0.4, 0.5) is 10.1 Å². The number of ketones is 1. The summed E-state index contributed by atoms with van der Waals surface area (Å²) in [6.45, 7) is 7.25. The third kappa shape index (κ3) is 3.48. The summed E-state index contributed by atoms with van der Waals surface area (Å²) in [4.78, 5) is 27.4. The van der Waals surface area contributed by atoms with Gasteiger partial charge in [-0.05, 0) is 44.9 Å². The molecule has 0 saturated heterocycles. The van der Waals surface area contributed by atoms with E-state index in [9.17, 15) is 14.0 Å². The largest absolute Gasteiger partial charge is 0.492 e. The molecule has 0 atom stereocenters. The molecular formula is C18H21FN2O3. The number of halogens is 1. The Morgan fingerprint density at radius 3 is 2.58 bits per heavy atom. The van der Waals surface area contributed by atoms with Crippen molar-refractivity contribution in [3.05, 3.63) is 46.5 Å². The van der Waals surface area contributed by atoms with Crippen molar-refractivity contribution in [2.75, 3.05) is 11.9 Å². The highest BCUT2D eigenvalue weighted by Crippen LogP contribution is 2.27. The molecule has 24 heavy (non-hydrogen) atoms. The van der Waals surface area contributed by atoms with Crippen LogP contribution in [0.25, 0.3) is 0 Å². The number of rotatable bonds is 6. The number of aromatic nitrogens is 1. The van der Waals surface area contributed by atoms with Crippen molar-refractivity contribution < 1.29 is 18.7 Å².